The fourth-order valence-electron chi connectivity index (χ4n) is 2.38. The van der Waals surface area contributed by atoms with E-state index in [9.17, 15) is 4.79 Å². The van der Waals surface area contributed by atoms with Crippen LogP contribution in [0.3, 0.4) is 0 Å². The zero-order chi connectivity index (χ0) is 15.5. The van der Waals surface area contributed by atoms with E-state index in [-0.39, 0.29) is 11.8 Å². The van der Waals surface area contributed by atoms with Crippen LogP contribution in [0.4, 0.5) is 5.69 Å². The van der Waals surface area contributed by atoms with Crippen LogP contribution in [-0.2, 0) is 16.0 Å². The molecule has 22 heavy (non-hydrogen) atoms. The van der Waals surface area contributed by atoms with E-state index in [0.29, 0.717) is 24.9 Å². The topological polar surface area (TPSA) is 77.2 Å². The van der Waals surface area contributed by atoms with Gasteiger partial charge in [-0.25, -0.2) is 0 Å². The van der Waals surface area contributed by atoms with Crippen LogP contribution in [0.1, 0.15) is 24.7 Å². The van der Waals surface area contributed by atoms with Gasteiger partial charge in [-0.05, 0) is 31.0 Å². The normalized spacial score (nSPS) is 17.6. The number of aryl methyl sites for hydroxylation is 2. The number of hydrogen-bond acceptors (Lipinski definition) is 5. The lowest BCUT2D eigenvalue weighted by atomic mass is 10.1. The summed E-state index contributed by atoms with van der Waals surface area (Å²) in [7, 11) is 0. The third kappa shape index (κ3) is 3.01. The highest BCUT2D eigenvalue weighted by Gasteiger charge is 2.24. The van der Waals surface area contributed by atoms with Gasteiger partial charge in [-0.3, -0.25) is 4.79 Å². The van der Waals surface area contributed by atoms with Crippen molar-refractivity contribution >= 4 is 11.6 Å². The maximum Gasteiger partial charge on any atom is 0.257 e. The second-order valence-corrected chi connectivity index (χ2v) is 5.45. The number of rotatable bonds is 4. The maximum absolute atomic E-state index is 12.2. The Morgan fingerprint density at radius 2 is 2.32 bits per heavy atom. The summed E-state index contributed by atoms with van der Waals surface area (Å²) in [6, 6.07) is 5.72. The van der Waals surface area contributed by atoms with E-state index in [1.54, 1.807) is 0 Å². The highest BCUT2D eigenvalue weighted by Crippen LogP contribution is 2.25. The van der Waals surface area contributed by atoms with Gasteiger partial charge >= 0.3 is 0 Å². The van der Waals surface area contributed by atoms with Crippen LogP contribution >= 0.6 is 0 Å². The summed E-state index contributed by atoms with van der Waals surface area (Å²) in [5.41, 5.74) is 2.56. The molecule has 0 spiro atoms. The number of nitrogens with zero attached hydrogens (tertiary/aromatic N) is 2. The predicted molar refractivity (Wildman–Crippen MR) is 81.4 cm³/mol. The number of amides is 1. The molecule has 0 bridgehead atoms. The minimum absolute atomic E-state index is 0.00229. The van der Waals surface area contributed by atoms with Crippen LogP contribution in [0, 0.1) is 12.8 Å². The molecule has 1 aromatic carbocycles. The van der Waals surface area contributed by atoms with Crippen molar-refractivity contribution in [2.45, 2.75) is 26.7 Å². The lowest BCUT2D eigenvalue weighted by molar-refractivity contribution is -0.119. The molecule has 1 aliphatic rings. The van der Waals surface area contributed by atoms with Gasteiger partial charge in [0.2, 0.25) is 5.91 Å². The third-order valence-electron chi connectivity index (χ3n) is 3.83. The van der Waals surface area contributed by atoms with Gasteiger partial charge in [-0.15, -0.1) is 0 Å². The van der Waals surface area contributed by atoms with Crippen molar-refractivity contribution < 1.29 is 14.1 Å². The molecule has 0 saturated carbocycles. The van der Waals surface area contributed by atoms with Crippen molar-refractivity contribution in [2.24, 2.45) is 5.92 Å². The Morgan fingerprint density at radius 3 is 3.00 bits per heavy atom. The number of anilines is 1. The number of benzene rings is 1. The highest BCUT2D eigenvalue weighted by atomic mass is 16.5. The highest BCUT2D eigenvalue weighted by molar-refractivity contribution is 5.94. The van der Waals surface area contributed by atoms with Gasteiger partial charge in [-0.2, -0.15) is 4.98 Å². The molecule has 1 unspecified atom stereocenters. The molecule has 1 amide bonds. The average Bonchev–Trinajstić information content (AvgIpc) is 3.20. The summed E-state index contributed by atoms with van der Waals surface area (Å²) < 4.78 is 10.5. The Hall–Kier alpha value is -2.21. The molecule has 0 aliphatic carbocycles. The van der Waals surface area contributed by atoms with Gasteiger partial charge in [0.15, 0.2) is 5.82 Å². The van der Waals surface area contributed by atoms with E-state index in [1.165, 1.54) is 0 Å². The Morgan fingerprint density at radius 1 is 1.45 bits per heavy atom. The zero-order valence-electron chi connectivity index (χ0n) is 12.8. The Balaban J connectivity index is 1.81. The van der Waals surface area contributed by atoms with Crippen molar-refractivity contribution in [3.05, 3.63) is 29.6 Å². The summed E-state index contributed by atoms with van der Waals surface area (Å²) in [5.74, 6) is 1.07. The number of carbonyl (C=O) groups excluding carboxylic acids is 1. The molecule has 2 aromatic rings. The van der Waals surface area contributed by atoms with Crippen LogP contribution in [-0.4, -0.2) is 29.3 Å². The van der Waals surface area contributed by atoms with Crippen molar-refractivity contribution in [1.82, 2.24) is 10.1 Å². The molecule has 1 saturated heterocycles. The quantitative estimate of drug-likeness (QED) is 0.939. The molecule has 1 atom stereocenters. The Labute approximate surface area is 128 Å². The molecule has 116 valence electrons. The predicted octanol–water partition coefficient (Wildman–Crippen LogP) is 2.58. The van der Waals surface area contributed by atoms with E-state index in [0.717, 1.165) is 29.7 Å². The van der Waals surface area contributed by atoms with Gasteiger partial charge < -0.3 is 14.6 Å². The van der Waals surface area contributed by atoms with Crippen LogP contribution in [0.15, 0.2) is 22.7 Å². The fourth-order valence-corrected chi connectivity index (χ4v) is 2.38. The Bertz CT molecular complexity index is 675. The van der Waals surface area contributed by atoms with Crippen LogP contribution < -0.4 is 5.32 Å². The Kier molecular flexibility index (Phi) is 4.20. The zero-order valence-corrected chi connectivity index (χ0v) is 12.8. The van der Waals surface area contributed by atoms with Gasteiger partial charge in [0, 0.05) is 24.3 Å². The summed E-state index contributed by atoms with van der Waals surface area (Å²) >= 11 is 0. The summed E-state index contributed by atoms with van der Waals surface area (Å²) in [4.78, 5) is 16.5. The molecule has 1 fully saturated rings. The first-order valence-corrected chi connectivity index (χ1v) is 7.49. The van der Waals surface area contributed by atoms with Gasteiger partial charge in [0.1, 0.15) is 0 Å². The van der Waals surface area contributed by atoms with Gasteiger partial charge in [0.05, 0.1) is 12.5 Å². The number of nitrogens with one attached hydrogen (secondary N) is 1. The summed E-state index contributed by atoms with van der Waals surface area (Å²) in [6.45, 7) is 5.07. The maximum atomic E-state index is 12.2. The molecular weight excluding hydrogens is 282 g/mol. The number of ether oxygens (including phenoxy) is 1. The van der Waals surface area contributed by atoms with Crippen LogP contribution in [0.5, 0.6) is 0 Å². The van der Waals surface area contributed by atoms with Crippen molar-refractivity contribution in [2.75, 3.05) is 18.5 Å². The lowest BCUT2D eigenvalue weighted by Crippen LogP contribution is -2.23. The smallest absolute Gasteiger partial charge is 0.257 e. The first-order chi connectivity index (χ1) is 10.7. The third-order valence-corrected chi connectivity index (χ3v) is 3.83. The number of hydrogen-bond donors (Lipinski definition) is 1. The molecule has 2 heterocycles. The summed E-state index contributed by atoms with van der Waals surface area (Å²) in [5, 5.41) is 6.87. The molecule has 1 aromatic heterocycles. The molecular formula is C16H19N3O3. The molecule has 6 heteroatoms. The van der Waals surface area contributed by atoms with E-state index in [1.807, 2.05) is 32.0 Å². The lowest BCUT2D eigenvalue weighted by Gasteiger charge is -2.12. The van der Waals surface area contributed by atoms with Crippen molar-refractivity contribution in [3.63, 3.8) is 0 Å². The number of carbonyl (C=O) groups is 1. The minimum atomic E-state index is -0.0712. The average molecular weight is 301 g/mol. The molecule has 6 nitrogen and oxygen atoms in total. The van der Waals surface area contributed by atoms with Gasteiger partial charge in [0.25, 0.3) is 5.89 Å². The SMILES string of the molecule is CCc1noc(-c2ccc(C)c(NC(=O)C3CCOC3)c2)n1. The molecule has 1 N–H and O–H groups in total. The van der Waals surface area contributed by atoms with Crippen LogP contribution in [0.25, 0.3) is 11.5 Å². The second-order valence-electron chi connectivity index (χ2n) is 5.45. The van der Waals surface area contributed by atoms with Crippen molar-refractivity contribution in [3.8, 4) is 11.5 Å². The van der Waals surface area contributed by atoms with E-state index >= 15 is 0 Å². The molecule has 0 radical (unpaired) electrons. The first kappa shape index (κ1) is 14.7. The molecule has 3 rings (SSSR count). The van der Waals surface area contributed by atoms with Crippen molar-refractivity contribution in [1.29, 1.82) is 0 Å². The fraction of sp³-hybridized carbons (Fsp3) is 0.438. The molecule has 1 aliphatic heterocycles. The summed E-state index contributed by atoms with van der Waals surface area (Å²) in [6.07, 6.45) is 1.49. The van der Waals surface area contributed by atoms with E-state index in [4.69, 9.17) is 9.26 Å². The largest absolute Gasteiger partial charge is 0.381 e. The second kappa shape index (κ2) is 6.27. The standard InChI is InChI=1S/C16H19N3O3/c1-3-14-18-16(22-19-14)11-5-4-10(2)13(8-11)17-15(20)12-6-7-21-9-12/h4-5,8,12H,3,6-7,9H2,1-2H3,(H,17,20). The van der Waals surface area contributed by atoms with Crippen LogP contribution in [0.2, 0.25) is 0 Å². The van der Waals surface area contributed by atoms with E-state index < -0.39 is 0 Å². The monoisotopic (exact) mass is 301 g/mol. The minimum Gasteiger partial charge on any atom is -0.381 e. The van der Waals surface area contributed by atoms with E-state index in [2.05, 4.69) is 15.5 Å². The van der Waals surface area contributed by atoms with Gasteiger partial charge in [-0.1, -0.05) is 18.1 Å². The first-order valence-electron chi connectivity index (χ1n) is 7.49. The number of aromatic nitrogens is 2.